The molecule has 0 amide bonds. The van der Waals surface area contributed by atoms with Crippen molar-refractivity contribution in [2.75, 3.05) is 19.7 Å². The van der Waals surface area contributed by atoms with Gasteiger partial charge in [0.15, 0.2) is 0 Å². The minimum absolute atomic E-state index is 0.149. The first-order chi connectivity index (χ1) is 9.86. The molecule has 2 saturated carbocycles. The van der Waals surface area contributed by atoms with Crippen LogP contribution in [-0.4, -0.2) is 36.7 Å². The number of ether oxygens (including phenoxy) is 1. The quantitative estimate of drug-likeness (QED) is 0.915. The molecule has 2 atom stereocenters. The average Bonchev–Trinajstić information content (AvgIpc) is 3.39. The van der Waals surface area contributed by atoms with Crippen LogP contribution in [0.4, 0.5) is 0 Å². The number of morpholine rings is 1. The monoisotopic (exact) mass is 272 g/mol. The zero-order chi connectivity index (χ0) is 13.5. The Hall–Kier alpha value is -0.900. The third-order valence-corrected chi connectivity index (χ3v) is 4.97. The molecule has 3 fully saturated rings. The van der Waals surface area contributed by atoms with E-state index in [-0.39, 0.29) is 6.10 Å². The number of nitrogens with zero attached hydrogens (tertiary/aromatic N) is 1. The topological polar surface area (TPSA) is 38.5 Å². The van der Waals surface area contributed by atoms with Crippen molar-refractivity contribution in [2.45, 2.75) is 49.8 Å². The first-order valence-electron chi connectivity index (χ1n) is 8.04. The van der Waals surface area contributed by atoms with E-state index in [1.54, 1.807) is 0 Å². The molecule has 0 radical (unpaired) electrons. The second kappa shape index (κ2) is 5.14. The SMILES string of the molecule is NCC1OCCN(C2CC2)C1c1ccc(C2CC2)cc1. The lowest BCUT2D eigenvalue weighted by atomic mass is 9.96. The van der Waals surface area contributed by atoms with Crippen molar-refractivity contribution in [3.63, 3.8) is 0 Å². The lowest BCUT2D eigenvalue weighted by Gasteiger charge is -2.41. The lowest BCUT2D eigenvalue weighted by Crippen LogP contribution is -2.49. The van der Waals surface area contributed by atoms with Gasteiger partial charge in [-0.15, -0.1) is 0 Å². The zero-order valence-corrected chi connectivity index (χ0v) is 12.0. The number of hydrogen-bond acceptors (Lipinski definition) is 3. The second-order valence-electron chi connectivity index (χ2n) is 6.50. The fourth-order valence-electron chi connectivity index (χ4n) is 3.55. The molecule has 1 heterocycles. The van der Waals surface area contributed by atoms with Crippen LogP contribution in [-0.2, 0) is 4.74 Å². The summed E-state index contributed by atoms with van der Waals surface area (Å²) < 4.78 is 5.93. The van der Waals surface area contributed by atoms with Crippen molar-refractivity contribution in [1.82, 2.24) is 4.90 Å². The van der Waals surface area contributed by atoms with E-state index in [0.29, 0.717) is 12.6 Å². The fourth-order valence-corrected chi connectivity index (χ4v) is 3.55. The Kier molecular flexibility index (Phi) is 3.29. The van der Waals surface area contributed by atoms with E-state index < -0.39 is 0 Å². The summed E-state index contributed by atoms with van der Waals surface area (Å²) in [6, 6.07) is 10.4. The highest BCUT2D eigenvalue weighted by Crippen LogP contribution is 2.42. The molecule has 3 nitrogen and oxygen atoms in total. The molecule has 1 aromatic carbocycles. The highest BCUT2D eigenvalue weighted by molar-refractivity contribution is 5.31. The van der Waals surface area contributed by atoms with Crippen molar-refractivity contribution in [2.24, 2.45) is 5.73 Å². The summed E-state index contributed by atoms with van der Waals surface area (Å²) in [5.41, 5.74) is 8.84. The van der Waals surface area contributed by atoms with Crippen LogP contribution in [0.1, 0.15) is 48.8 Å². The maximum Gasteiger partial charge on any atom is 0.0894 e. The molecule has 0 spiro atoms. The maximum atomic E-state index is 5.95. The van der Waals surface area contributed by atoms with Gasteiger partial charge in [0.25, 0.3) is 0 Å². The summed E-state index contributed by atoms with van der Waals surface area (Å²) in [4.78, 5) is 2.63. The van der Waals surface area contributed by atoms with Gasteiger partial charge in [-0.25, -0.2) is 0 Å². The molecular weight excluding hydrogens is 248 g/mol. The molecule has 0 bridgehead atoms. The number of benzene rings is 1. The van der Waals surface area contributed by atoms with E-state index in [2.05, 4.69) is 29.2 Å². The van der Waals surface area contributed by atoms with Gasteiger partial charge in [-0.2, -0.15) is 0 Å². The van der Waals surface area contributed by atoms with Gasteiger partial charge in [-0.3, -0.25) is 4.90 Å². The van der Waals surface area contributed by atoms with Gasteiger partial charge < -0.3 is 10.5 Å². The molecule has 3 aliphatic rings. The molecule has 108 valence electrons. The number of hydrogen-bond donors (Lipinski definition) is 1. The molecule has 20 heavy (non-hydrogen) atoms. The smallest absolute Gasteiger partial charge is 0.0894 e. The molecule has 2 N–H and O–H groups in total. The predicted molar refractivity (Wildman–Crippen MR) is 79.7 cm³/mol. The fraction of sp³-hybridized carbons (Fsp3) is 0.647. The molecule has 2 unspecified atom stereocenters. The molecule has 3 heteroatoms. The van der Waals surface area contributed by atoms with Crippen LogP contribution >= 0.6 is 0 Å². The molecule has 1 aromatic rings. The van der Waals surface area contributed by atoms with E-state index in [0.717, 1.165) is 25.1 Å². The summed E-state index contributed by atoms with van der Waals surface area (Å²) in [7, 11) is 0. The van der Waals surface area contributed by atoms with Gasteiger partial charge in [0.2, 0.25) is 0 Å². The average molecular weight is 272 g/mol. The number of rotatable bonds is 4. The highest BCUT2D eigenvalue weighted by Gasteiger charge is 2.40. The van der Waals surface area contributed by atoms with E-state index in [9.17, 15) is 0 Å². The van der Waals surface area contributed by atoms with Gasteiger partial charge in [0.05, 0.1) is 18.8 Å². The van der Waals surface area contributed by atoms with E-state index in [1.165, 1.54) is 36.8 Å². The summed E-state index contributed by atoms with van der Waals surface area (Å²) in [6.45, 7) is 2.49. The molecule has 4 rings (SSSR count). The Morgan fingerprint density at radius 1 is 1.05 bits per heavy atom. The highest BCUT2D eigenvalue weighted by atomic mass is 16.5. The third-order valence-electron chi connectivity index (χ3n) is 4.97. The predicted octanol–water partition coefficient (Wildman–Crippen LogP) is 2.43. The molecule has 2 aliphatic carbocycles. The zero-order valence-electron chi connectivity index (χ0n) is 12.0. The summed E-state index contributed by atoms with van der Waals surface area (Å²) in [5.74, 6) is 0.830. The van der Waals surface area contributed by atoms with Crippen molar-refractivity contribution < 1.29 is 4.74 Å². The Morgan fingerprint density at radius 3 is 2.35 bits per heavy atom. The van der Waals surface area contributed by atoms with Gasteiger partial charge in [-0.05, 0) is 42.7 Å². The Bertz CT molecular complexity index is 464. The Morgan fingerprint density at radius 2 is 1.75 bits per heavy atom. The van der Waals surface area contributed by atoms with Gasteiger partial charge in [0, 0.05) is 19.1 Å². The largest absolute Gasteiger partial charge is 0.374 e. The van der Waals surface area contributed by atoms with Crippen molar-refractivity contribution in [3.05, 3.63) is 35.4 Å². The van der Waals surface area contributed by atoms with E-state index >= 15 is 0 Å². The summed E-state index contributed by atoms with van der Waals surface area (Å²) >= 11 is 0. The second-order valence-corrected chi connectivity index (χ2v) is 6.50. The van der Waals surface area contributed by atoms with Crippen molar-refractivity contribution in [3.8, 4) is 0 Å². The van der Waals surface area contributed by atoms with Crippen molar-refractivity contribution in [1.29, 1.82) is 0 Å². The third kappa shape index (κ3) is 2.39. The standard InChI is InChI=1S/C17H24N2O/c18-11-16-17(19(9-10-20-16)15-7-8-15)14-5-3-13(4-6-14)12-1-2-12/h3-6,12,15-17H,1-2,7-11,18H2. The van der Waals surface area contributed by atoms with Crippen LogP contribution in [0.15, 0.2) is 24.3 Å². The van der Waals surface area contributed by atoms with Crippen LogP contribution in [0.2, 0.25) is 0 Å². The van der Waals surface area contributed by atoms with Crippen LogP contribution in [0.25, 0.3) is 0 Å². The summed E-state index contributed by atoms with van der Waals surface area (Å²) in [5, 5.41) is 0. The van der Waals surface area contributed by atoms with Gasteiger partial charge >= 0.3 is 0 Å². The van der Waals surface area contributed by atoms with Gasteiger partial charge in [-0.1, -0.05) is 24.3 Å². The summed E-state index contributed by atoms with van der Waals surface area (Å²) in [6.07, 6.45) is 5.56. The first-order valence-corrected chi connectivity index (χ1v) is 8.04. The Labute approximate surface area is 121 Å². The minimum atomic E-state index is 0.149. The van der Waals surface area contributed by atoms with Crippen LogP contribution in [0.5, 0.6) is 0 Å². The first kappa shape index (κ1) is 12.8. The maximum absolute atomic E-state index is 5.95. The lowest BCUT2D eigenvalue weighted by molar-refractivity contribution is -0.0712. The number of nitrogens with two attached hydrogens (primary N) is 1. The molecule has 1 aliphatic heterocycles. The van der Waals surface area contributed by atoms with E-state index in [1.807, 2.05) is 0 Å². The van der Waals surface area contributed by atoms with Crippen molar-refractivity contribution >= 4 is 0 Å². The van der Waals surface area contributed by atoms with Crippen LogP contribution in [0.3, 0.4) is 0 Å². The van der Waals surface area contributed by atoms with E-state index in [4.69, 9.17) is 10.5 Å². The minimum Gasteiger partial charge on any atom is -0.374 e. The molecule has 1 saturated heterocycles. The van der Waals surface area contributed by atoms with Crippen LogP contribution < -0.4 is 5.73 Å². The van der Waals surface area contributed by atoms with Crippen LogP contribution in [0, 0.1) is 0 Å². The normalized spacial score (nSPS) is 31.4. The van der Waals surface area contributed by atoms with Gasteiger partial charge in [0.1, 0.15) is 0 Å². The molecule has 0 aromatic heterocycles. The molecular formula is C17H24N2O. The Balaban J connectivity index is 1.60.